The van der Waals surface area contributed by atoms with Gasteiger partial charge in [0.1, 0.15) is 17.5 Å². The van der Waals surface area contributed by atoms with Crippen LogP contribution in [0.4, 0.5) is 10.5 Å². The molecule has 0 saturated carbocycles. The fourth-order valence-electron chi connectivity index (χ4n) is 1.54. The molecule has 0 saturated heterocycles. The molecule has 0 aliphatic heterocycles. The lowest BCUT2D eigenvalue weighted by Gasteiger charge is -2.15. The number of urea groups is 1. The molecule has 7 nitrogen and oxygen atoms in total. The van der Waals surface area contributed by atoms with Crippen LogP contribution >= 0.6 is 0 Å². The Balaban J connectivity index is 2.79. The zero-order valence-corrected chi connectivity index (χ0v) is 11.7. The number of methoxy groups -OCH3 is 2. The summed E-state index contributed by atoms with van der Waals surface area (Å²) in [5.74, 6) is 1.93. The van der Waals surface area contributed by atoms with Crippen LogP contribution in [0.25, 0.3) is 0 Å². The fourth-order valence-corrected chi connectivity index (χ4v) is 1.54. The van der Waals surface area contributed by atoms with E-state index >= 15 is 0 Å². The molecule has 0 aromatic heterocycles. The number of rotatable bonds is 6. The van der Waals surface area contributed by atoms with Gasteiger partial charge >= 0.3 is 12.0 Å². The summed E-state index contributed by atoms with van der Waals surface area (Å²) in [6.45, 7) is 0. The quantitative estimate of drug-likeness (QED) is 0.687. The van der Waals surface area contributed by atoms with Crippen LogP contribution in [-0.4, -0.2) is 37.4 Å². The Labute approximate surface area is 122 Å². The summed E-state index contributed by atoms with van der Waals surface area (Å²) in [5.41, 5.74) is 0.376. The van der Waals surface area contributed by atoms with E-state index in [1.807, 2.05) is 0 Å². The van der Waals surface area contributed by atoms with E-state index in [0.29, 0.717) is 17.2 Å². The van der Waals surface area contributed by atoms with Crippen molar-refractivity contribution in [2.75, 3.05) is 19.5 Å². The van der Waals surface area contributed by atoms with Crippen LogP contribution in [-0.2, 0) is 4.79 Å². The van der Waals surface area contributed by atoms with E-state index < -0.39 is 18.0 Å². The number of aliphatic carboxylic acids is 1. The SMILES string of the molecule is C#CCC(NC(=O)Nc1ccc(OC)cc1OC)C(=O)O. The van der Waals surface area contributed by atoms with Crippen molar-refractivity contribution in [2.24, 2.45) is 0 Å². The van der Waals surface area contributed by atoms with E-state index in [1.165, 1.54) is 14.2 Å². The van der Waals surface area contributed by atoms with Gasteiger partial charge in [-0.25, -0.2) is 9.59 Å². The van der Waals surface area contributed by atoms with Gasteiger partial charge in [-0.3, -0.25) is 0 Å². The molecule has 0 aliphatic rings. The molecule has 7 heteroatoms. The Kier molecular flexibility index (Phi) is 5.89. The number of benzene rings is 1. The minimum absolute atomic E-state index is 0.109. The van der Waals surface area contributed by atoms with Crippen LogP contribution in [0, 0.1) is 12.3 Å². The molecule has 0 bridgehead atoms. The van der Waals surface area contributed by atoms with Gasteiger partial charge in [0.25, 0.3) is 0 Å². The third kappa shape index (κ3) is 4.62. The molecule has 1 aromatic carbocycles. The first-order valence-electron chi connectivity index (χ1n) is 5.97. The number of terminal acetylenes is 1. The number of carbonyl (C=O) groups excluding carboxylic acids is 1. The van der Waals surface area contributed by atoms with Gasteiger partial charge in [-0.2, -0.15) is 0 Å². The van der Waals surface area contributed by atoms with E-state index in [4.69, 9.17) is 21.0 Å². The van der Waals surface area contributed by atoms with Crippen LogP contribution in [0.2, 0.25) is 0 Å². The Hall–Kier alpha value is -2.88. The van der Waals surface area contributed by atoms with Crippen molar-refractivity contribution < 1.29 is 24.2 Å². The first kappa shape index (κ1) is 16.2. The summed E-state index contributed by atoms with van der Waals surface area (Å²) in [6.07, 6.45) is 4.95. The van der Waals surface area contributed by atoms with Crippen LogP contribution < -0.4 is 20.1 Å². The summed E-state index contributed by atoms with van der Waals surface area (Å²) in [6, 6.07) is 2.95. The molecule has 1 unspecified atom stereocenters. The molecule has 2 amide bonds. The summed E-state index contributed by atoms with van der Waals surface area (Å²) in [7, 11) is 2.95. The lowest BCUT2D eigenvalue weighted by molar-refractivity contribution is -0.139. The highest BCUT2D eigenvalue weighted by atomic mass is 16.5. The van der Waals surface area contributed by atoms with Crippen LogP contribution in [0.3, 0.4) is 0 Å². The van der Waals surface area contributed by atoms with Crippen molar-refractivity contribution >= 4 is 17.7 Å². The summed E-state index contributed by atoms with van der Waals surface area (Å²) in [4.78, 5) is 22.7. The molecule has 3 N–H and O–H groups in total. The number of ether oxygens (including phenoxy) is 2. The number of carboxylic acids is 1. The maximum absolute atomic E-state index is 11.8. The number of nitrogens with one attached hydrogen (secondary N) is 2. The first-order chi connectivity index (χ1) is 10.0. The molecule has 0 fully saturated rings. The Morgan fingerprint density at radius 2 is 2.10 bits per heavy atom. The Morgan fingerprint density at radius 3 is 2.62 bits per heavy atom. The molecule has 0 heterocycles. The van der Waals surface area contributed by atoms with Crippen molar-refractivity contribution in [3.8, 4) is 23.8 Å². The van der Waals surface area contributed by atoms with E-state index in [1.54, 1.807) is 18.2 Å². The maximum atomic E-state index is 11.8. The van der Waals surface area contributed by atoms with Crippen LogP contribution in [0.15, 0.2) is 18.2 Å². The highest BCUT2D eigenvalue weighted by Gasteiger charge is 2.19. The van der Waals surface area contributed by atoms with Gasteiger partial charge in [0.05, 0.1) is 19.9 Å². The average molecular weight is 292 g/mol. The Bertz CT molecular complexity index is 565. The Morgan fingerprint density at radius 1 is 1.38 bits per heavy atom. The highest BCUT2D eigenvalue weighted by molar-refractivity contribution is 5.93. The molecule has 0 spiro atoms. The topological polar surface area (TPSA) is 96.9 Å². The number of carbonyl (C=O) groups is 2. The molecule has 112 valence electrons. The van der Waals surface area contributed by atoms with Gasteiger partial charge in [0.2, 0.25) is 0 Å². The number of carboxylic acid groups (broad SMARTS) is 1. The van der Waals surface area contributed by atoms with E-state index in [0.717, 1.165) is 0 Å². The van der Waals surface area contributed by atoms with Crippen molar-refractivity contribution in [3.63, 3.8) is 0 Å². The smallest absolute Gasteiger partial charge is 0.327 e. The molecular formula is C14H16N2O5. The van der Waals surface area contributed by atoms with Crippen molar-refractivity contribution in [1.82, 2.24) is 5.32 Å². The second-order valence-corrected chi connectivity index (χ2v) is 3.96. The second kappa shape index (κ2) is 7.65. The van der Waals surface area contributed by atoms with E-state index in [2.05, 4.69) is 16.6 Å². The monoisotopic (exact) mass is 292 g/mol. The zero-order chi connectivity index (χ0) is 15.8. The molecule has 0 aliphatic carbocycles. The molecule has 21 heavy (non-hydrogen) atoms. The number of hydrogen-bond acceptors (Lipinski definition) is 4. The largest absolute Gasteiger partial charge is 0.497 e. The van der Waals surface area contributed by atoms with Gasteiger partial charge in [-0.05, 0) is 12.1 Å². The molecule has 1 atom stereocenters. The highest BCUT2D eigenvalue weighted by Crippen LogP contribution is 2.28. The normalized spacial score (nSPS) is 10.9. The number of hydrogen-bond donors (Lipinski definition) is 3. The van der Waals surface area contributed by atoms with Crippen molar-refractivity contribution in [2.45, 2.75) is 12.5 Å². The lowest BCUT2D eigenvalue weighted by Crippen LogP contribution is -2.42. The standard InChI is InChI=1S/C14H16N2O5/c1-4-5-11(13(17)18)16-14(19)15-10-7-6-9(20-2)8-12(10)21-3/h1,6-8,11H,5H2,2-3H3,(H,17,18)(H2,15,16,19). The third-order valence-corrected chi connectivity index (χ3v) is 2.58. The average Bonchev–Trinajstić information content (AvgIpc) is 2.47. The summed E-state index contributed by atoms with van der Waals surface area (Å²) >= 11 is 0. The van der Waals surface area contributed by atoms with E-state index in [9.17, 15) is 9.59 Å². The van der Waals surface area contributed by atoms with Gasteiger partial charge < -0.3 is 25.2 Å². The van der Waals surface area contributed by atoms with Gasteiger partial charge in [-0.1, -0.05) is 0 Å². The molecular weight excluding hydrogens is 276 g/mol. The zero-order valence-electron chi connectivity index (χ0n) is 11.7. The van der Waals surface area contributed by atoms with Crippen LogP contribution in [0.1, 0.15) is 6.42 Å². The second-order valence-electron chi connectivity index (χ2n) is 3.96. The minimum atomic E-state index is -1.20. The third-order valence-electron chi connectivity index (χ3n) is 2.58. The molecule has 1 rings (SSSR count). The first-order valence-corrected chi connectivity index (χ1v) is 5.97. The lowest BCUT2D eigenvalue weighted by atomic mass is 10.2. The summed E-state index contributed by atoms with van der Waals surface area (Å²) < 4.78 is 10.2. The van der Waals surface area contributed by atoms with Gasteiger partial charge in [0, 0.05) is 12.5 Å². The number of anilines is 1. The van der Waals surface area contributed by atoms with Crippen LogP contribution in [0.5, 0.6) is 11.5 Å². The maximum Gasteiger partial charge on any atom is 0.327 e. The van der Waals surface area contributed by atoms with Crippen molar-refractivity contribution in [3.05, 3.63) is 18.2 Å². The molecule has 1 aromatic rings. The summed E-state index contributed by atoms with van der Waals surface area (Å²) in [5, 5.41) is 13.7. The molecule has 0 radical (unpaired) electrons. The van der Waals surface area contributed by atoms with Gasteiger partial charge in [-0.15, -0.1) is 12.3 Å². The predicted octanol–water partition coefficient (Wildman–Crippen LogP) is 1.30. The predicted molar refractivity (Wildman–Crippen MR) is 76.6 cm³/mol. The minimum Gasteiger partial charge on any atom is -0.497 e. The van der Waals surface area contributed by atoms with Crippen molar-refractivity contribution in [1.29, 1.82) is 0 Å². The van der Waals surface area contributed by atoms with Gasteiger partial charge in [0.15, 0.2) is 0 Å². The van der Waals surface area contributed by atoms with E-state index in [-0.39, 0.29) is 6.42 Å². The number of amides is 2. The fraction of sp³-hybridized carbons (Fsp3) is 0.286.